The molecule has 2 fully saturated rings. The van der Waals surface area contributed by atoms with Crippen molar-refractivity contribution in [2.75, 3.05) is 18.5 Å². The summed E-state index contributed by atoms with van der Waals surface area (Å²) in [7, 11) is 0. The molecular formula is C17H21N5O2. The molecule has 2 atom stereocenters. The van der Waals surface area contributed by atoms with Gasteiger partial charge >= 0.3 is 6.03 Å². The standard InChI is InChI=1S/C17H21N5O2/c23-17(22-10-11-24-15-6-3-5-14(15)22)19-16-7-9-21(20-16)12-13-4-1-2-8-18-13/h1-2,4,7-9,14-15H,3,5-6,10-12H2,(H,19,20,23)/t14-,15-/m1/s1. The van der Waals surface area contributed by atoms with Crippen molar-refractivity contribution in [1.82, 2.24) is 19.7 Å². The summed E-state index contributed by atoms with van der Waals surface area (Å²) in [6, 6.07) is 7.72. The summed E-state index contributed by atoms with van der Waals surface area (Å²) in [6.07, 6.45) is 7.00. The minimum atomic E-state index is -0.0849. The van der Waals surface area contributed by atoms with Gasteiger partial charge in [-0.2, -0.15) is 5.10 Å². The molecule has 24 heavy (non-hydrogen) atoms. The summed E-state index contributed by atoms with van der Waals surface area (Å²) in [6.45, 7) is 1.84. The fraction of sp³-hybridized carbons (Fsp3) is 0.471. The SMILES string of the molecule is O=C(Nc1ccn(Cc2ccccn2)n1)N1CCO[C@@H]2CCC[C@H]21. The Balaban J connectivity index is 1.39. The Hall–Kier alpha value is -2.41. The van der Waals surface area contributed by atoms with Crippen LogP contribution in [0.25, 0.3) is 0 Å². The van der Waals surface area contributed by atoms with Crippen LogP contribution in [0.1, 0.15) is 25.0 Å². The van der Waals surface area contributed by atoms with Gasteiger partial charge in [0.2, 0.25) is 0 Å². The first kappa shape index (κ1) is 15.1. The molecule has 7 nitrogen and oxygen atoms in total. The van der Waals surface area contributed by atoms with Crippen molar-refractivity contribution < 1.29 is 9.53 Å². The topological polar surface area (TPSA) is 72.3 Å². The van der Waals surface area contributed by atoms with Crippen molar-refractivity contribution in [2.24, 2.45) is 0 Å². The zero-order chi connectivity index (χ0) is 16.4. The average Bonchev–Trinajstić information content (AvgIpc) is 3.24. The molecule has 0 unspecified atom stereocenters. The molecule has 7 heteroatoms. The van der Waals surface area contributed by atoms with Crippen LogP contribution >= 0.6 is 0 Å². The highest BCUT2D eigenvalue weighted by atomic mass is 16.5. The van der Waals surface area contributed by atoms with Gasteiger partial charge in [0.25, 0.3) is 0 Å². The van der Waals surface area contributed by atoms with Gasteiger partial charge in [-0.05, 0) is 31.4 Å². The normalized spacial score (nSPS) is 23.1. The van der Waals surface area contributed by atoms with E-state index >= 15 is 0 Å². The number of fused-ring (bicyclic) bond motifs is 1. The number of aromatic nitrogens is 3. The molecule has 3 heterocycles. The third kappa shape index (κ3) is 3.12. The lowest BCUT2D eigenvalue weighted by Gasteiger charge is -2.37. The molecule has 2 aliphatic rings. The molecule has 0 aromatic carbocycles. The van der Waals surface area contributed by atoms with Gasteiger partial charge < -0.3 is 9.64 Å². The van der Waals surface area contributed by atoms with Gasteiger partial charge in [0.1, 0.15) is 0 Å². The number of nitrogens with zero attached hydrogens (tertiary/aromatic N) is 4. The van der Waals surface area contributed by atoms with Crippen LogP contribution in [0.15, 0.2) is 36.7 Å². The van der Waals surface area contributed by atoms with Crippen molar-refractivity contribution in [3.63, 3.8) is 0 Å². The van der Waals surface area contributed by atoms with E-state index in [1.54, 1.807) is 10.9 Å². The number of hydrogen-bond donors (Lipinski definition) is 1. The minimum Gasteiger partial charge on any atom is -0.374 e. The second-order valence-corrected chi connectivity index (χ2v) is 6.25. The summed E-state index contributed by atoms with van der Waals surface area (Å²) in [5.74, 6) is 0.567. The zero-order valence-electron chi connectivity index (χ0n) is 13.5. The van der Waals surface area contributed by atoms with E-state index < -0.39 is 0 Å². The molecule has 126 valence electrons. The third-order valence-electron chi connectivity index (χ3n) is 4.67. The zero-order valence-corrected chi connectivity index (χ0v) is 13.5. The van der Waals surface area contributed by atoms with E-state index in [9.17, 15) is 4.79 Å². The number of urea groups is 1. The van der Waals surface area contributed by atoms with Crippen LogP contribution < -0.4 is 5.32 Å². The van der Waals surface area contributed by atoms with Gasteiger partial charge in [0, 0.05) is 25.0 Å². The number of carbonyl (C=O) groups excluding carboxylic acids is 1. The molecule has 4 rings (SSSR count). The summed E-state index contributed by atoms with van der Waals surface area (Å²) in [5.41, 5.74) is 0.931. The predicted molar refractivity (Wildman–Crippen MR) is 88.7 cm³/mol. The number of hydrogen-bond acceptors (Lipinski definition) is 4. The lowest BCUT2D eigenvalue weighted by Crippen LogP contribution is -2.52. The second-order valence-electron chi connectivity index (χ2n) is 6.25. The number of ether oxygens (including phenoxy) is 1. The lowest BCUT2D eigenvalue weighted by molar-refractivity contribution is -0.0362. The molecule has 0 spiro atoms. The number of carbonyl (C=O) groups is 1. The van der Waals surface area contributed by atoms with Crippen LogP contribution in [-0.2, 0) is 11.3 Å². The van der Waals surface area contributed by atoms with Crippen molar-refractivity contribution in [3.8, 4) is 0 Å². The Morgan fingerprint density at radius 3 is 3.17 bits per heavy atom. The molecule has 2 aromatic rings. The Morgan fingerprint density at radius 1 is 1.33 bits per heavy atom. The second kappa shape index (κ2) is 6.60. The first-order valence-corrected chi connectivity index (χ1v) is 8.42. The molecular weight excluding hydrogens is 306 g/mol. The minimum absolute atomic E-state index is 0.0849. The van der Waals surface area contributed by atoms with E-state index in [-0.39, 0.29) is 18.2 Å². The quantitative estimate of drug-likeness (QED) is 0.937. The van der Waals surface area contributed by atoms with Crippen LogP contribution in [0.3, 0.4) is 0 Å². The number of pyridine rings is 1. The largest absolute Gasteiger partial charge is 0.374 e. The summed E-state index contributed by atoms with van der Waals surface area (Å²) >= 11 is 0. The first-order valence-electron chi connectivity index (χ1n) is 8.42. The number of amides is 2. The maximum absolute atomic E-state index is 12.6. The Morgan fingerprint density at radius 2 is 2.29 bits per heavy atom. The van der Waals surface area contributed by atoms with Crippen LogP contribution in [0.4, 0.5) is 10.6 Å². The molecule has 2 amide bonds. The number of rotatable bonds is 3. The van der Waals surface area contributed by atoms with E-state index in [2.05, 4.69) is 15.4 Å². The first-order chi connectivity index (χ1) is 11.8. The maximum atomic E-state index is 12.6. The van der Waals surface area contributed by atoms with Gasteiger partial charge in [-0.15, -0.1) is 0 Å². The van der Waals surface area contributed by atoms with Gasteiger partial charge in [0.05, 0.1) is 31.0 Å². The number of nitrogens with one attached hydrogen (secondary N) is 1. The van der Waals surface area contributed by atoms with E-state index in [0.717, 1.165) is 25.0 Å². The van der Waals surface area contributed by atoms with Crippen LogP contribution in [0, 0.1) is 0 Å². The van der Waals surface area contributed by atoms with Crippen molar-refractivity contribution in [1.29, 1.82) is 0 Å². The van der Waals surface area contributed by atoms with Gasteiger partial charge in [-0.25, -0.2) is 4.79 Å². The maximum Gasteiger partial charge on any atom is 0.323 e. The highest BCUT2D eigenvalue weighted by Crippen LogP contribution is 2.29. The summed E-state index contributed by atoms with van der Waals surface area (Å²) in [5, 5.41) is 7.32. The molecule has 1 aliphatic carbocycles. The van der Waals surface area contributed by atoms with Crippen molar-refractivity contribution >= 4 is 11.8 Å². The summed E-state index contributed by atoms with van der Waals surface area (Å²) < 4.78 is 7.53. The van der Waals surface area contributed by atoms with Crippen LogP contribution in [-0.4, -0.2) is 51.0 Å². The molecule has 1 saturated carbocycles. The third-order valence-corrected chi connectivity index (χ3v) is 4.67. The molecule has 2 aromatic heterocycles. The average molecular weight is 327 g/mol. The molecule has 1 saturated heterocycles. The molecule has 1 N–H and O–H groups in total. The van der Waals surface area contributed by atoms with Gasteiger partial charge in [-0.1, -0.05) is 6.07 Å². The molecule has 0 bridgehead atoms. The number of morpholine rings is 1. The van der Waals surface area contributed by atoms with Crippen LogP contribution in [0.2, 0.25) is 0 Å². The van der Waals surface area contributed by atoms with E-state index in [1.807, 2.05) is 35.4 Å². The number of anilines is 1. The van der Waals surface area contributed by atoms with Gasteiger partial charge in [0.15, 0.2) is 5.82 Å². The Labute approximate surface area is 140 Å². The molecule has 0 radical (unpaired) electrons. The Bertz CT molecular complexity index is 702. The van der Waals surface area contributed by atoms with E-state index in [4.69, 9.17) is 4.74 Å². The smallest absolute Gasteiger partial charge is 0.323 e. The van der Waals surface area contributed by atoms with E-state index in [1.165, 1.54) is 0 Å². The fourth-order valence-electron chi connectivity index (χ4n) is 3.53. The lowest BCUT2D eigenvalue weighted by atomic mass is 10.1. The summed E-state index contributed by atoms with van der Waals surface area (Å²) in [4.78, 5) is 18.8. The molecule has 1 aliphatic heterocycles. The fourth-order valence-corrected chi connectivity index (χ4v) is 3.53. The monoisotopic (exact) mass is 327 g/mol. The highest BCUT2D eigenvalue weighted by molar-refractivity contribution is 5.88. The predicted octanol–water partition coefficient (Wildman–Crippen LogP) is 2.11. The van der Waals surface area contributed by atoms with E-state index in [0.29, 0.717) is 25.5 Å². The van der Waals surface area contributed by atoms with Gasteiger partial charge in [-0.3, -0.25) is 15.0 Å². The highest BCUT2D eigenvalue weighted by Gasteiger charge is 2.38. The Kier molecular flexibility index (Phi) is 4.17. The van der Waals surface area contributed by atoms with Crippen LogP contribution in [0.5, 0.6) is 0 Å². The van der Waals surface area contributed by atoms with Crippen molar-refractivity contribution in [3.05, 3.63) is 42.4 Å². The van der Waals surface area contributed by atoms with Crippen molar-refractivity contribution in [2.45, 2.75) is 38.0 Å².